The predicted octanol–water partition coefficient (Wildman–Crippen LogP) is 4.57. The molecule has 0 amide bonds. The zero-order chi connectivity index (χ0) is 14.1. The van der Waals surface area contributed by atoms with Crippen molar-refractivity contribution in [1.82, 2.24) is 4.98 Å². The number of halogens is 2. The number of fused-ring (bicyclic) bond motifs is 1. The van der Waals surface area contributed by atoms with Crippen molar-refractivity contribution in [3.05, 3.63) is 49.4 Å². The molecule has 0 fully saturated rings. The van der Waals surface area contributed by atoms with Crippen LogP contribution in [0.3, 0.4) is 0 Å². The fourth-order valence-electron chi connectivity index (χ4n) is 2.59. The molecule has 0 saturated heterocycles. The molecule has 3 rings (SSSR count). The third-order valence-corrected chi connectivity index (χ3v) is 5.39. The molecule has 20 heavy (non-hydrogen) atoms. The molecule has 1 atom stereocenters. The lowest BCUT2D eigenvalue weighted by atomic mass is 10.0. The van der Waals surface area contributed by atoms with Crippen molar-refractivity contribution in [1.29, 1.82) is 0 Å². The van der Waals surface area contributed by atoms with Crippen LogP contribution < -0.4 is 5.73 Å². The van der Waals surface area contributed by atoms with E-state index in [1.54, 1.807) is 6.07 Å². The first kappa shape index (κ1) is 14.3. The molecule has 1 aromatic carbocycles. The zero-order valence-electron chi connectivity index (χ0n) is 11.0. The molecule has 1 aliphatic rings. The Bertz CT molecular complexity index is 601. The molecule has 2 nitrogen and oxygen atoms in total. The Kier molecular flexibility index (Phi) is 4.32. The molecule has 1 heterocycles. The summed E-state index contributed by atoms with van der Waals surface area (Å²) in [5.41, 5.74) is 8.49. The van der Waals surface area contributed by atoms with Crippen LogP contribution in [0.5, 0.6) is 0 Å². The monoisotopic (exact) mass is 326 g/mol. The van der Waals surface area contributed by atoms with Crippen LogP contribution >= 0.6 is 34.5 Å². The van der Waals surface area contributed by atoms with Crippen molar-refractivity contribution in [3.8, 4) is 0 Å². The number of thiazole rings is 1. The van der Waals surface area contributed by atoms with Gasteiger partial charge >= 0.3 is 0 Å². The summed E-state index contributed by atoms with van der Waals surface area (Å²) >= 11 is 13.9. The maximum absolute atomic E-state index is 6.27. The number of rotatable bonds is 3. The van der Waals surface area contributed by atoms with E-state index in [4.69, 9.17) is 33.9 Å². The van der Waals surface area contributed by atoms with Gasteiger partial charge < -0.3 is 5.73 Å². The molecule has 106 valence electrons. The third-order valence-electron chi connectivity index (χ3n) is 3.65. The Hall–Kier alpha value is -0.610. The van der Waals surface area contributed by atoms with Crippen LogP contribution in [0.1, 0.15) is 40.0 Å². The van der Waals surface area contributed by atoms with Gasteiger partial charge in [0.2, 0.25) is 0 Å². The van der Waals surface area contributed by atoms with Crippen molar-refractivity contribution >= 4 is 34.5 Å². The lowest BCUT2D eigenvalue weighted by Crippen LogP contribution is -2.13. The van der Waals surface area contributed by atoms with E-state index < -0.39 is 0 Å². The van der Waals surface area contributed by atoms with Crippen molar-refractivity contribution in [2.45, 2.75) is 38.1 Å². The minimum atomic E-state index is -0.132. The molecule has 0 aliphatic heterocycles. The van der Waals surface area contributed by atoms with Crippen molar-refractivity contribution in [3.63, 3.8) is 0 Å². The van der Waals surface area contributed by atoms with Gasteiger partial charge in [0, 0.05) is 27.4 Å². The normalized spacial score (nSPS) is 15.9. The van der Waals surface area contributed by atoms with Gasteiger partial charge in [-0.15, -0.1) is 11.3 Å². The van der Waals surface area contributed by atoms with E-state index in [2.05, 4.69) is 0 Å². The highest BCUT2D eigenvalue weighted by Crippen LogP contribution is 2.31. The van der Waals surface area contributed by atoms with Crippen molar-refractivity contribution < 1.29 is 0 Å². The molecule has 0 spiro atoms. The van der Waals surface area contributed by atoms with Crippen LogP contribution in [0.25, 0.3) is 0 Å². The largest absolute Gasteiger partial charge is 0.324 e. The van der Waals surface area contributed by atoms with E-state index in [1.165, 1.54) is 29.8 Å². The summed E-state index contributed by atoms with van der Waals surface area (Å²) in [4.78, 5) is 6.18. The Morgan fingerprint density at radius 1 is 1.25 bits per heavy atom. The second kappa shape index (κ2) is 6.02. The highest BCUT2D eigenvalue weighted by molar-refractivity contribution is 7.11. The first-order valence-corrected chi connectivity index (χ1v) is 8.38. The van der Waals surface area contributed by atoms with Gasteiger partial charge in [-0.1, -0.05) is 29.3 Å². The molecule has 0 saturated carbocycles. The third kappa shape index (κ3) is 3.01. The molecule has 0 radical (unpaired) electrons. The zero-order valence-corrected chi connectivity index (χ0v) is 13.4. The summed E-state index contributed by atoms with van der Waals surface area (Å²) in [5, 5.41) is 2.39. The molecular weight excluding hydrogens is 311 g/mol. The molecule has 1 unspecified atom stereocenters. The SMILES string of the molecule is NC(Cc1nc2c(s1)CCCC2)c1ccc(Cl)cc1Cl. The Labute approximate surface area is 132 Å². The number of benzene rings is 1. The standard InChI is InChI=1S/C15H16Cl2N2S/c16-9-5-6-10(11(17)7-9)12(18)8-15-19-13-3-1-2-4-14(13)20-15/h5-7,12H,1-4,8,18H2. The Balaban J connectivity index is 1.78. The minimum Gasteiger partial charge on any atom is -0.324 e. The molecule has 0 bridgehead atoms. The van der Waals surface area contributed by atoms with E-state index in [9.17, 15) is 0 Å². The summed E-state index contributed by atoms with van der Waals surface area (Å²) in [6.07, 6.45) is 5.56. The van der Waals surface area contributed by atoms with E-state index in [-0.39, 0.29) is 6.04 Å². The van der Waals surface area contributed by atoms with E-state index in [1.807, 2.05) is 23.5 Å². The Morgan fingerprint density at radius 3 is 2.80 bits per heavy atom. The van der Waals surface area contributed by atoms with Gasteiger partial charge in [-0.2, -0.15) is 0 Å². The van der Waals surface area contributed by atoms with Gasteiger partial charge in [0.25, 0.3) is 0 Å². The van der Waals surface area contributed by atoms with E-state index in [0.717, 1.165) is 23.4 Å². The van der Waals surface area contributed by atoms with Gasteiger partial charge in [0.05, 0.1) is 10.7 Å². The van der Waals surface area contributed by atoms with Crippen molar-refractivity contribution in [2.24, 2.45) is 5.73 Å². The number of aryl methyl sites for hydroxylation is 2. The topological polar surface area (TPSA) is 38.9 Å². The van der Waals surface area contributed by atoms with Gasteiger partial charge in [-0.05, 0) is 43.4 Å². The number of nitrogens with zero attached hydrogens (tertiary/aromatic N) is 1. The molecule has 2 N–H and O–H groups in total. The smallest absolute Gasteiger partial charge is 0.0950 e. The van der Waals surface area contributed by atoms with Gasteiger partial charge in [-0.3, -0.25) is 0 Å². The maximum Gasteiger partial charge on any atom is 0.0950 e. The fourth-order valence-corrected chi connectivity index (χ4v) is 4.36. The van der Waals surface area contributed by atoms with Crippen LogP contribution in [-0.4, -0.2) is 4.98 Å². The highest BCUT2D eigenvalue weighted by atomic mass is 35.5. The van der Waals surface area contributed by atoms with Gasteiger partial charge in [0.1, 0.15) is 0 Å². The number of nitrogens with two attached hydrogens (primary N) is 1. The summed E-state index contributed by atoms with van der Waals surface area (Å²) in [7, 11) is 0. The average Bonchev–Trinajstić information content (AvgIpc) is 2.80. The number of aromatic nitrogens is 1. The molecule has 2 aromatic rings. The predicted molar refractivity (Wildman–Crippen MR) is 85.9 cm³/mol. The first-order valence-electron chi connectivity index (χ1n) is 6.81. The molecule has 5 heteroatoms. The molecule has 1 aromatic heterocycles. The summed E-state index contributed by atoms with van der Waals surface area (Å²) in [5.74, 6) is 0. The van der Waals surface area contributed by atoms with Gasteiger partial charge in [0.15, 0.2) is 0 Å². The summed E-state index contributed by atoms with van der Waals surface area (Å²) < 4.78 is 0. The van der Waals surface area contributed by atoms with Gasteiger partial charge in [-0.25, -0.2) is 4.98 Å². The molecule has 1 aliphatic carbocycles. The van der Waals surface area contributed by atoms with E-state index >= 15 is 0 Å². The van der Waals surface area contributed by atoms with Crippen LogP contribution in [0.4, 0.5) is 0 Å². The first-order chi connectivity index (χ1) is 9.63. The Morgan fingerprint density at radius 2 is 2.05 bits per heavy atom. The lowest BCUT2D eigenvalue weighted by molar-refractivity contribution is 0.674. The highest BCUT2D eigenvalue weighted by Gasteiger charge is 2.18. The second-order valence-electron chi connectivity index (χ2n) is 5.16. The summed E-state index contributed by atoms with van der Waals surface area (Å²) in [6.45, 7) is 0. The van der Waals surface area contributed by atoms with Crippen LogP contribution in [0, 0.1) is 0 Å². The second-order valence-corrected chi connectivity index (χ2v) is 7.17. The quantitative estimate of drug-likeness (QED) is 0.897. The fraction of sp³-hybridized carbons (Fsp3) is 0.400. The minimum absolute atomic E-state index is 0.132. The van der Waals surface area contributed by atoms with Crippen molar-refractivity contribution in [2.75, 3.05) is 0 Å². The average molecular weight is 327 g/mol. The lowest BCUT2D eigenvalue weighted by Gasteiger charge is -2.12. The van der Waals surface area contributed by atoms with E-state index in [0.29, 0.717) is 10.0 Å². The summed E-state index contributed by atoms with van der Waals surface area (Å²) in [6, 6.07) is 5.34. The van der Waals surface area contributed by atoms with Crippen LogP contribution in [-0.2, 0) is 19.3 Å². The van der Waals surface area contributed by atoms with Crippen LogP contribution in [0.2, 0.25) is 10.0 Å². The van der Waals surface area contributed by atoms with Crippen LogP contribution in [0.15, 0.2) is 18.2 Å². The number of hydrogen-bond donors (Lipinski definition) is 1. The maximum atomic E-state index is 6.27. The molecular formula is C15H16Cl2N2S. The number of hydrogen-bond acceptors (Lipinski definition) is 3.